The Labute approximate surface area is 174 Å². The Hall–Kier alpha value is -3.45. The molecule has 0 unspecified atom stereocenters. The highest BCUT2D eigenvalue weighted by molar-refractivity contribution is 7.15. The minimum Gasteiger partial charge on any atom is -0.356 e. The third-order valence-electron chi connectivity index (χ3n) is 3.87. The van der Waals surface area contributed by atoms with Crippen molar-refractivity contribution >= 4 is 34.6 Å². The lowest BCUT2D eigenvalue weighted by molar-refractivity contribution is 0.0946. The minimum absolute atomic E-state index is 0.00489. The van der Waals surface area contributed by atoms with Crippen molar-refractivity contribution in [3.63, 3.8) is 0 Å². The average molecular weight is 450 g/mol. The third kappa shape index (κ3) is 3.97. The number of hydrogen-bond donors (Lipinski definition) is 2. The first-order valence-corrected chi connectivity index (χ1v) is 9.83. The van der Waals surface area contributed by atoms with E-state index in [-0.39, 0.29) is 17.8 Å². The molecule has 2 N–H and O–H groups in total. The lowest BCUT2D eigenvalue weighted by Crippen LogP contribution is -2.23. The van der Waals surface area contributed by atoms with E-state index in [0.717, 1.165) is 12.3 Å². The van der Waals surface area contributed by atoms with Crippen LogP contribution >= 0.6 is 22.9 Å². The van der Waals surface area contributed by atoms with Crippen LogP contribution in [0.2, 0.25) is 0 Å². The van der Waals surface area contributed by atoms with Gasteiger partial charge in [-0.3, -0.25) is 9.59 Å². The van der Waals surface area contributed by atoms with Crippen molar-refractivity contribution in [3.8, 4) is 10.7 Å². The number of carbonyl (C=O) groups is 2. The number of nitrogens with zero attached hydrogens (tertiary/aromatic N) is 4. The second-order valence-electron chi connectivity index (χ2n) is 5.85. The molecule has 30 heavy (non-hydrogen) atoms. The third-order valence-corrected chi connectivity index (χ3v) is 5.32. The summed E-state index contributed by atoms with van der Waals surface area (Å²) < 4.78 is 44.4. The van der Waals surface area contributed by atoms with Gasteiger partial charge in [0.1, 0.15) is 33.8 Å². The molecule has 3 aromatic heterocycles. The maximum Gasteiger partial charge on any atom is 0.268 e. The van der Waals surface area contributed by atoms with E-state index in [2.05, 4.69) is 30.1 Å². The number of H-pyrrole nitrogens is 1. The van der Waals surface area contributed by atoms with Crippen molar-refractivity contribution in [2.75, 3.05) is 0 Å². The van der Waals surface area contributed by atoms with Gasteiger partial charge in [-0.2, -0.15) is 0 Å². The number of amides is 1. The Morgan fingerprint density at radius 2 is 1.83 bits per heavy atom. The van der Waals surface area contributed by atoms with Gasteiger partial charge >= 0.3 is 0 Å². The van der Waals surface area contributed by atoms with E-state index in [4.69, 9.17) is 0 Å². The molecule has 0 radical (unpaired) electrons. The van der Waals surface area contributed by atoms with Crippen molar-refractivity contribution < 1.29 is 22.8 Å². The maximum atomic E-state index is 13.8. The van der Waals surface area contributed by atoms with E-state index in [0.29, 0.717) is 27.8 Å². The Morgan fingerprint density at radius 1 is 1.07 bits per heavy atom. The first kappa shape index (κ1) is 19.8. The highest BCUT2D eigenvalue weighted by Gasteiger charge is 2.22. The predicted octanol–water partition coefficient (Wildman–Crippen LogP) is 2.96. The summed E-state index contributed by atoms with van der Waals surface area (Å²) in [4.78, 5) is 27.2. The largest absolute Gasteiger partial charge is 0.356 e. The second-order valence-corrected chi connectivity index (χ2v) is 7.52. The monoisotopic (exact) mass is 450 g/mol. The Bertz CT molecular complexity index is 1220. The number of aromatic amines is 1. The molecular formula is C17H9F3N6O2S2. The highest BCUT2D eigenvalue weighted by Crippen LogP contribution is 2.22. The van der Waals surface area contributed by atoms with Gasteiger partial charge in [0.15, 0.2) is 10.8 Å². The van der Waals surface area contributed by atoms with E-state index in [9.17, 15) is 22.8 Å². The van der Waals surface area contributed by atoms with Crippen molar-refractivity contribution in [2.24, 2.45) is 0 Å². The van der Waals surface area contributed by atoms with E-state index < -0.39 is 34.7 Å². The van der Waals surface area contributed by atoms with Crippen molar-refractivity contribution in [1.29, 1.82) is 0 Å². The van der Waals surface area contributed by atoms with Gasteiger partial charge in [-0.25, -0.2) is 13.2 Å². The predicted molar refractivity (Wildman–Crippen MR) is 101 cm³/mol. The molecule has 0 atom stereocenters. The summed E-state index contributed by atoms with van der Waals surface area (Å²) in [6.07, 6.45) is 1.14. The van der Waals surface area contributed by atoms with Crippen LogP contribution in [-0.4, -0.2) is 36.5 Å². The number of hydrogen-bond acceptors (Lipinski definition) is 8. The van der Waals surface area contributed by atoms with Gasteiger partial charge in [-0.15, -0.1) is 15.3 Å². The number of ketones is 1. The van der Waals surface area contributed by atoms with E-state index in [1.54, 1.807) is 5.38 Å². The number of halogens is 3. The Kier molecular flexibility index (Phi) is 5.37. The molecule has 0 fully saturated rings. The molecule has 152 valence electrons. The quantitative estimate of drug-likeness (QED) is 0.437. The molecule has 13 heteroatoms. The van der Waals surface area contributed by atoms with Gasteiger partial charge in [-0.05, 0) is 17.6 Å². The van der Waals surface area contributed by atoms with Crippen molar-refractivity contribution in [1.82, 2.24) is 30.1 Å². The molecule has 1 amide bonds. The van der Waals surface area contributed by atoms with Gasteiger partial charge in [0, 0.05) is 29.3 Å². The molecule has 0 saturated heterocycles. The standard InChI is InChI=1S/C17H9F3N6O2S2/c18-8-2-9(19)14(10(20)3-8)15(27)7-1-11(21-4-7)16(28)22-5-13-24-25-17(30-13)12-6-29-26-23-12/h1-4,6,21H,5H2,(H,22,28). The Morgan fingerprint density at radius 3 is 2.53 bits per heavy atom. The number of carbonyl (C=O) groups excluding carboxylic acids is 2. The lowest BCUT2D eigenvalue weighted by Gasteiger charge is -2.03. The molecule has 0 aliphatic heterocycles. The molecule has 0 bridgehead atoms. The van der Waals surface area contributed by atoms with E-state index in [1.165, 1.54) is 22.9 Å². The van der Waals surface area contributed by atoms with Gasteiger partial charge < -0.3 is 10.3 Å². The minimum atomic E-state index is -1.33. The molecule has 3 heterocycles. The molecular weight excluding hydrogens is 441 g/mol. The zero-order chi connectivity index (χ0) is 21.3. The lowest BCUT2D eigenvalue weighted by atomic mass is 10.0. The summed E-state index contributed by atoms with van der Waals surface area (Å²) in [5.41, 5.74) is -0.475. The van der Waals surface area contributed by atoms with Crippen LogP contribution in [0.1, 0.15) is 31.4 Å². The van der Waals surface area contributed by atoms with Crippen LogP contribution in [0.4, 0.5) is 13.2 Å². The molecule has 4 rings (SSSR count). The fraction of sp³-hybridized carbons (Fsp3) is 0.0588. The zero-order valence-electron chi connectivity index (χ0n) is 14.6. The summed E-state index contributed by atoms with van der Waals surface area (Å²) in [5.74, 6) is -5.38. The second kappa shape index (κ2) is 8.12. The maximum absolute atomic E-state index is 13.8. The van der Waals surface area contributed by atoms with Crippen LogP contribution in [0.15, 0.2) is 29.8 Å². The van der Waals surface area contributed by atoms with Gasteiger partial charge in [-0.1, -0.05) is 15.8 Å². The van der Waals surface area contributed by atoms with Crippen LogP contribution < -0.4 is 5.32 Å². The molecule has 1 aromatic carbocycles. The van der Waals surface area contributed by atoms with Crippen LogP contribution in [0.5, 0.6) is 0 Å². The number of rotatable bonds is 6. The average Bonchev–Trinajstić information content (AvgIpc) is 3.46. The molecule has 8 nitrogen and oxygen atoms in total. The molecule has 0 aliphatic carbocycles. The van der Waals surface area contributed by atoms with E-state index >= 15 is 0 Å². The fourth-order valence-corrected chi connectivity index (χ4v) is 3.75. The molecule has 0 saturated carbocycles. The first-order valence-electron chi connectivity index (χ1n) is 8.18. The SMILES string of the molecule is O=C(NCc1nnc(-c2csnn2)s1)c1cc(C(=O)c2c(F)cc(F)cc2F)c[nH]1. The molecule has 0 aliphatic rings. The van der Waals surface area contributed by atoms with Crippen LogP contribution in [-0.2, 0) is 6.54 Å². The van der Waals surface area contributed by atoms with Crippen molar-refractivity contribution in [3.05, 3.63) is 69.1 Å². The summed E-state index contributed by atoms with van der Waals surface area (Å²) in [6, 6.07) is 1.97. The van der Waals surface area contributed by atoms with Gasteiger partial charge in [0.2, 0.25) is 0 Å². The van der Waals surface area contributed by atoms with Crippen LogP contribution in [0.3, 0.4) is 0 Å². The topological polar surface area (TPSA) is 114 Å². The number of nitrogens with one attached hydrogen (secondary N) is 2. The number of aromatic nitrogens is 5. The summed E-state index contributed by atoms with van der Waals surface area (Å²) in [7, 11) is 0. The van der Waals surface area contributed by atoms with Gasteiger partial charge in [0.05, 0.1) is 12.1 Å². The van der Waals surface area contributed by atoms with Crippen LogP contribution in [0.25, 0.3) is 10.7 Å². The summed E-state index contributed by atoms with van der Waals surface area (Å²) in [5, 5.41) is 17.2. The van der Waals surface area contributed by atoms with Crippen LogP contribution in [0, 0.1) is 17.5 Å². The highest BCUT2D eigenvalue weighted by atomic mass is 32.1. The van der Waals surface area contributed by atoms with E-state index in [1.807, 2.05) is 0 Å². The Balaban J connectivity index is 1.44. The summed E-state index contributed by atoms with van der Waals surface area (Å²) >= 11 is 2.40. The normalized spacial score (nSPS) is 10.9. The summed E-state index contributed by atoms with van der Waals surface area (Å²) in [6.45, 7) is 0.0670. The number of benzene rings is 1. The fourth-order valence-electron chi connectivity index (χ4n) is 2.50. The smallest absolute Gasteiger partial charge is 0.268 e. The molecule has 4 aromatic rings. The van der Waals surface area contributed by atoms with Crippen molar-refractivity contribution in [2.45, 2.75) is 6.54 Å². The molecule has 0 spiro atoms. The van der Waals surface area contributed by atoms with Gasteiger partial charge in [0.25, 0.3) is 5.91 Å². The zero-order valence-corrected chi connectivity index (χ0v) is 16.3. The first-order chi connectivity index (χ1) is 14.4.